The summed E-state index contributed by atoms with van der Waals surface area (Å²) in [5.41, 5.74) is 1.53. The molecule has 22 heavy (non-hydrogen) atoms. The fourth-order valence-electron chi connectivity index (χ4n) is 2.16. The monoisotopic (exact) mass is 325 g/mol. The first-order valence-electron chi connectivity index (χ1n) is 7.41. The number of amides is 1. The van der Waals surface area contributed by atoms with Gasteiger partial charge in [0.2, 0.25) is 5.91 Å². The minimum atomic E-state index is -0.249. The highest BCUT2D eigenvalue weighted by Crippen LogP contribution is 2.22. The number of carbonyl (C=O) groups is 2. The van der Waals surface area contributed by atoms with E-state index in [9.17, 15) is 9.59 Å². The molecule has 122 valence electrons. The standard InChI is InChI=1S/C16H24ClN3O2/c1-10(2)9-20-16(17)14(13(5)19-20)6-7-15(22)18-11(3)8-12(4)21/h6-7,10-11H,8-9H2,1-5H3,(H,18,22)/b7-6+. The molecule has 0 aliphatic carbocycles. The Kier molecular flexibility index (Phi) is 6.81. The van der Waals surface area contributed by atoms with Gasteiger partial charge in [0.05, 0.1) is 5.69 Å². The maximum Gasteiger partial charge on any atom is 0.244 e. The van der Waals surface area contributed by atoms with Crippen molar-refractivity contribution in [2.24, 2.45) is 5.92 Å². The molecule has 0 spiro atoms. The molecule has 1 N–H and O–H groups in total. The van der Waals surface area contributed by atoms with Crippen LogP contribution in [-0.2, 0) is 16.1 Å². The first-order chi connectivity index (χ1) is 10.2. The lowest BCUT2D eigenvalue weighted by Crippen LogP contribution is -2.32. The summed E-state index contributed by atoms with van der Waals surface area (Å²) in [6.07, 6.45) is 3.41. The van der Waals surface area contributed by atoms with Gasteiger partial charge in [-0.15, -0.1) is 0 Å². The highest BCUT2D eigenvalue weighted by molar-refractivity contribution is 6.31. The lowest BCUT2D eigenvalue weighted by atomic mass is 10.2. The van der Waals surface area contributed by atoms with Crippen molar-refractivity contribution < 1.29 is 9.59 Å². The predicted molar refractivity (Wildman–Crippen MR) is 88.7 cm³/mol. The molecule has 1 amide bonds. The van der Waals surface area contributed by atoms with Crippen LogP contribution in [0.25, 0.3) is 6.08 Å². The molecule has 0 saturated heterocycles. The van der Waals surface area contributed by atoms with Crippen LogP contribution in [0.1, 0.15) is 45.4 Å². The Morgan fingerprint density at radius 2 is 2.00 bits per heavy atom. The van der Waals surface area contributed by atoms with Crippen LogP contribution in [0, 0.1) is 12.8 Å². The van der Waals surface area contributed by atoms with E-state index in [1.807, 2.05) is 6.92 Å². The zero-order valence-electron chi connectivity index (χ0n) is 13.8. The van der Waals surface area contributed by atoms with Gasteiger partial charge in [0.25, 0.3) is 0 Å². The summed E-state index contributed by atoms with van der Waals surface area (Å²) in [4.78, 5) is 22.8. The normalized spacial score (nSPS) is 12.9. The second-order valence-corrected chi connectivity index (χ2v) is 6.37. The van der Waals surface area contributed by atoms with E-state index in [-0.39, 0.29) is 17.7 Å². The molecule has 1 atom stereocenters. The van der Waals surface area contributed by atoms with E-state index in [1.54, 1.807) is 17.7 Å². The van der Waals surface area contributed by atoms with Gasteiger partial charge in [-0.05, 0) is 32.8 Å². The summed E-state index contributed by atoms with van der Waals surface area (Å²) < 4.78 is 1.75. The van der Waals surface area contributed by atoms with Crippen molar-refractivity contribution in [1.82, 2.24) is 15.1 Å². The summed E-state index contributed by atoms with van der Waals surface area (Å²) in [6, 6.07) is -0.185. The van der Waals surface area contributed by atoms with E-state index in [0.29, 0.717) is 17.5 Å². The molecule has 5 nitrogen and oxygen atoms in total. The summed E-state index contributed by atoms with van der Waals surface area (Å²) in [5, 5.41) is 7.66. The SMILES string of the molecule is CC(=O)CC(C)NC(=O)/C=C/c1c(C)nn(CC(C)C)c1Cl. The Labute approximate surface area is 136 Å². The fraction of sp³-hybridized carbons (Fsp3) is 0.562. The highest BCUT2D eigenvalue weighted by atomic mass is 35.5. The van der Waals surface area contributed by atoms with Crippen LogP contribution < -0.4 is 5.32 Å². The van der Waals surface area contributed by atoms with Crippen molar-refractivity contribution in [3.05, 3.63) is 22.5 Å². The van der Waals surface area contributed by atoms with Crippen LogP contribution in [0.5, 0.6) is 0 Å². The van der Waals surface area contributed by atoms with E-state index in [1.165, 1.54) is 13.0 Å². The van der Waals surface area contributed by atoms with E-state index in [2.05, 4.69) is 24.3 Å². The third-order valence-corrected chi connectivity index (χ3v) is 3.43. The van der Waals surface area contributed by atoms with Crippen LogP contribution in [0.2, 0.25) is 5.15 Å². The fourth-order valence-corrected chi connectivity index (χ4v) is 2.46. The summed E-state index contributed by atoms with van der Waals surface area (Å²) in [6.45, 7) is 10.1. The first-order valence-corrected chi connectivity index (χ1v) is 7.79. The number of halogens is 1. The van der Waals surface area contributed by atoms with E-state index in [4.69, 9.17) is 11.6 Å². The number of Topliss-reactive ketones (excluding diaryl/α,β-unsaturated/α-hetero) is 1. The molecule has 1 unspecified atom stereocenters. The number of aryl methyl sites for hydroxylation is 1. The van der Waals surface area contributed by atoms with Gasteiger partial charge in [-0.1, -0.05) is 25.4 Å². The quantitative estimate of drug-likeness (QED) is 0.784. The minimum Gasteiger partial charge on any atom is -0.350 e. The molecule has 1 aromatic heterocycles. The van der Waals surface area contributed by atoms with Crippen molar-refractivity contribution in [2.75, 3.05) is 0 Å². The second-order valence-electron chi connectivity index (χ2n) is 6.01. The van der Waals surface area contributed by atoms with E-state index in [0.717, 1.165) is 17.8 Å². The minimum absolute atomic E-state index is 0.0469. The van der Waals surface area contributed by atoms with Gasteiger partial charge in [-0.25, -0.2) is 0 Å². The average molecular weight is 326 g/mol. The molecular weight excluding hydrogens is 302 g/mol. The average Bonchev–Trinajstić information content (AvgIpc) is 2.60. The molecule has 0 radical (unpaired) electrons. The molecular formula is C16H24ClN3O2. The van der Waals surface area contributed by atoms with Gasteiger partial charge in [-0.3, -0.25) is 14.3 Å². The molecule has 0 bridgehead atoms. The Hall–Kier alpha value is -1.62. The number of ketones is 1. The van der Waals surface area contributed by atoms with Crippen molar-refractivity contribution in [2.45, 2.75) is 53.6 Å². The molecule has 0 aromatic carbocycles. The van der Waals surface area contributed by atoms with Crippen LogP contribution in [-0.4, -0.2) is 27.5 Å². The third kappa shape index (κ3) is 5.64. The number of rotatable bonds is 7. The number of nitrogens with zero attached hydrogens (tertiary/aromatic N) is 2. The first kappa shape index (κ1) is 18.4. The molecule has 0 aliphatic heterocycles. The summed E-state index contributed by atoms with van der Waals surface area (Å²) in [5.74, 6) is 0.232. The number of hydrogen-bond donors (Lipinski definition) is 1. The predicted octanol–water partition coefficient (Wildman–Crippen LogP) is 3.00. The maximum atomic E-state index is 11.8. The van der Waals surface area contributed by atoms with Crippen molar-refractivity contribution in [1.29, 1.82) is 0 Å². The van der Waals surface area contributed by atoms with Crippen LogP contribution >= 0.6 is 11.6 Å². The van der Waals surface area contributed by atoms with Crippen molar-refractivity contribution >= 4 is 29.4 Å². The van der Waals surface area contributed by atoms with Gasteiger partial charge in [-0.2, -0.15) is 5.10 Å². The molecule has 0 aliphatic rings. The van der Waals surface area contributed by atoms with E-state index < -0.39 is 0 Å². The lowest BCUT2D eigenvalue weighted by molar-refractivity contribution is -0.118. The number of aromatic nitrogens is 2. The van der Waals surface area contributed by atoms with Crippen LogP contribution in [0.3, 0.4) is 0 Å². The smallest absolute Gasteiger partial charge is 0.244 e. The maximum absolute atomic E-state index is 11.8. The molecule has 6 heteroatoms. The topological polar surface area (TPSA) is 64.0 Å². The Balaban J connectivity index is 2.75. The molecule has 0 saturated carbocycles. The number of carbonyl (C=O) groups excluding carboxylic acids is 2. The molecule has 1 rings (SSSR count). The van der Waals surface area contributed by atoms with Crippen molar-refractivity contribution in [3.8, 4) is 0 Å². The van der Waals surface area contributed by atoms with Gasteiger partial charge in [0.15, 0.2) is 0 Å². The van der Waals surface area contributed by atoms with Gasteiger partial charge < -0.3 is 5.32 Å². The molecule has 1 heterocycles. The molecule has 1 aromatic rings. The van der Waals surface area contributed by atoms with E-state index >= 15 is 0 Å². The lowest BCUT2D eigenvalue weighted by Gasteiger charge is -2.09. The highest BCUT2D eigenvalue weighted by Gasteiger charge is 2.13. The largest absolute Gasteiger partial charge is 0.350 e. The third-order valence-electron chi connectivity index (χ3n) is 3.03. The summed E-state index contributed by atoms with van der Waals surface area (Å²) in [7, 11) is 0. The number of hydrogen-bond acceptors (Lipinski definition) is 3. The summed E-state index contributed by atoms with van der Waals surface area (Å²) >= 11 is 6.30. The zero-order chi connectivity index (χ0) is 16.9. The van der Waals surface area contributed by atoms with Crippen LogP contribution in [0.4, 0.5) is 0 Å². The number of nitrogens with one attached hydrogen (secondary N) is 1. The Morgan fingerprint density at radius 3 is 2.55 bits per heavy atom. The second kappa shape index (κ2) is 8.13. The van der Waals surface area contributed by atoms with Crippen LogP contribution in [0.15, 0.2) is 6.08 Å². The van der Waals surface area contributed by atoms with Gasteiger partial charge in [0, 0.05) is 30.6 Å². The Morgan fingerprint density at radius 1 is 1.36 bits per heavy atom. The van der Waals surface area contributed by atoms with Gasteiger partial charge >= 0.3 is 0 Å². The van der Waals surface area contributed by atoms with Crippen molar-refractivity contribution in [3.63, 3.8) is 0 Å². The zero-order valence-corrected chi connectivity index (χ0v) is 14.6. The Bertz CT molecular complexity index is 576. The molecule has 0 fully saturated rings. The van der Waals surface area contributed by atoms with Gasteiger partial charge in [0.1, 0.15) is 10.9 Å².